The zero-order valence-electron chi connectivity index (χ0n) is 35.9. The van der Waals surface area contributed by atoms with Gasteiger partial charge < -0.3 is 58.3 Å². The van der Waals surface area contributed by atoms with Gasteiger partial charge in [0.15, 0.2) is 6.29 Å². The molecule has 0 spiro atoms. The number of esters is 3. The Labute approximate surface area is 338 Å². The van der Waals surface area contributed by atoms with Gasteiger partial charge in [0.1, 0.15) is 35.8 Å². The summed E-state index contributed by atoms with van der Waals surface area (Å²) in [5.41, 5.74) is -2.64. The van der Waals surface area contributed by atoms with E-state index in [9.17, 15) is 29.7 Å². The van der Waals surface area contributed by atoms with Gasteiger partial charge in [-0.1, -0.05) is 32.9 Å². The normalized spacial score (nSPS) is 39.6. The van der Waals surface area contributed by atoms with E-state index in [2.05, 4.69) is 0 Å². The Morgan fingerprint density at radius 2 is 1.65 bits per heavy atom. The van der Waals surface area contributed by atoms with Crippen LogP contribution in [0.15, 0.2) is 24.3 Å². The summed E-state index contributed by atoms with van der Waals surface area (Å²) in [4.78, 5) is 43.9. The molecule has 15 atom stereocenters. The molecule has 3 aliphatic rings. The number of methoxy groups -OCH3 is 2. The number of hydrogen-bond acceptors (Lipinski definition) is 15. The molecular formula is C42H68N2O13. The summed E-state index contributed by atoms with van der Waals surface area (Å²) in [5.74, 6) is -3.87. The molecule has 1 aromatic rings. The van der Waals surface area contributed by atoms with Crippen molar-refractivity contribution in [1.82, 2.24) is 9.80 Å². The summed E-state index contributed by atoms with van der Waals surface area (Å²) in [6.45, 7) is 12.9. The van der Waals surface area contributed by atoms with Crippen molar-refractivity contribution in [2.75, 3.05) is 48.5 Å². The molecule has 2 heterocycles. The maximum Gasteiger partial charge on any atom is 0.312 e. The van der Waals surface area contributed by atoms with Gasteiger partial charge >= 0.3 is 17.9 Å². The van der Waals surface area contributed by atoms with Crippen molar-refractivity contribution >= 4 is 17.9 Å². The molecule has 0 amide bonds. The van der Waals surface area contributed by atoms with E-state index in [-0.39, 0.29) is 43.9 Å². The van der Waals surface area contributed by atoms with Crippen molar-refractivity contribution in [3.8, 4) is 5.75 Å². The van der Waals surface area contributed by atoms with Crippen LogP contribution in [0.4, 0.5) is 0 Å². The fourth-order valence-corrected chi connectivity index (χ4v) is 8.83. The summed E-state index contributed by atoms with van der Waals surface area (Å²) in [6.07, 6.45) is -5.92. The Morgan fingerprint density at radius 1 is 1.00 bits per heavy atom. The number of carbonyl (C=O) groups is 3. The van der Waals surface area contributed by atoms with Gasteiger partial charge in [0, 0.05) is 30.5 Å². The second kappa shape index (κ2) is 19.4. The summed E-state index contributed by atoms with van der Waals surface area (Å²) in [5, 5.41) is 35.7. The minimum Gasteiger partial charge on any atom is -0.497 e. The molecule has 2 aliphatic heterocycles. The van der Waals surface area contributed by atoms with Crippen LogP contribution in [0.5, 0.6) is 5.75 Å². The molecule has 324 valence electrons. The molecule has 1 aromatic carbocycles. The Hall–Kier alpha value is -2.89. The van der Waals surface area contributed by atoms with Crippen molar-refractivity contribution in [1.29, 1.82) is 0 Å². The maximum atomic E-state index is 14.1. The Morgan fingerprint density at radius 3 is 2.25 bits per heavy atom. The zero-order chi connectivity index (χ0) is 42.6. The molecule has 1 aliphatic carbocycles. The molecule has 15 heteroatoms. The number of rotatable bonds is 11. The SMILES string of the molecule is COC(=O)CCO[C@H]1[C@H](O[C@@H]2[C@@H](C)[C@H](OC(=O)Cc3ccc(OC)cc3)[C@@H](C)C(=O)O[C@@H]3C(C)[C@]3(O)[C@H](O)[C@@H](C)N(C)C[C@H](C)C[C@]2(C)O)O[C@H](C)C[C@@H]1N(C)C. The van der Waals surface area contributed by atoms with Crippen molar-refractivity contribution in [2.24, 2.45) is 23.7 Å². The van der Waals surface area contributed by atoms with E-state index in [0.717, 1.165) is 0 Å². The molecule has 2 saturated heterocycles. The van der Waals surface area contributed by atoms with Crippen LogP contribution in [-0.2, 0) is 49.2 Å². The van der Waals surface area contributed by atoms with Gasteiger partial charge in [-0.2, -0.15) is 0 Å². The fraction of sp³-hybridized carbons (Fsp3) is 0.786. The van der Waals surface area contributed by atoms with Gasteiger partial charge in [-0.3, -0.25) is 14.4 Å². The predicted molar refractivity (Wildman–Crippen MR) is 209 cm³/mol. The van der Waals surface area contributed by atoms with Crippen molar-refractivity contribution in [3.05, 3.63) is 29.8 Å². The molecule has 0 radical (unpaired) electrons. The highest BCUT2D eigenvalue weighted by atomic mass is 16.7. The Balaban J connectivity index is 1.78. The monoisotopic (exact) mass is 808 g/mol. The van der Waals surface area contributed by atoms with E-state index in [1.54, 1.807) is 66.0 Å². The lowest BCUT2D eigenvalue weighted by Gasteiger charge is -2.48. The van der Waals surface area contributed by atoms with E-state index in [1.165, 1.54) is 7.11 Å². The number of hydrogen-bond donors (Lipinski definition) is 3. The van der Waals surface area contributed by atoms with Crippen LogP contribution in [0.1, 0.15) is 73.3 Å². The first-order valence-electron chi connectivity index (χ1n) is 20.2. The standard InChI is InChI=1S/C42H68N2O13/c1-23-21-41(7,49)37(57-40-35(53-18-17-32(45)52-12)31(43(8)9)19-24(2)54-40)25(3)34(55-33(46)20-29-13-15-30(51-11)16-14-29)26(4)39(48)56-38-27(5)42(38,50)36(47)28(6)44(10)22-23/h13-16,23-28,31,34-38,40,47,49-50H,17-22H2,1-12H3/t23-,24-,25+,26-,27?,28-,31+,34+,35-,36-,37-,38-,40+,41+,42+/m1/s1. The first kappa shape index (κ1) is 46.8. The first-order valence-corrected chi connectivity index (χ1v) is 20.2. The molecule has 3 fully saturated rings. The van der Waals surface area contributed by atoms with Gasteiger partial charge in [0.25, 0.3) is 0 Å². The van der Waals surface area contributed by atoms with Gasteiger partial charge in [0.05, 0.1) is 57.4 Å². The average molecular weight is 809 g/mol. The predicted octanol–water partition coefficient (Wildman–Crippen LogP) is 2.58. The third-order valence-electron chi connectivity index (χ3n) is 12.4. The number of likely N-dealkylation sites (N-methyl/N-ethyl adjacent to an activating group) is 2. The minimum atomic E-state index is -1.68. The largest absolute Gasteiger partial charge is 0.497 e. The molecule has 0 aromatic heterocycles. The quantitative estimate of drug-likeness (QED) is 0.219. The van der Waals surface area contributed by atoms with E-state index < -0.39 is 89.7 Å². The Bertz CT molecular complexity index is 1490. The van der Waals surface area contributed by atoms with Gasteiger partial charge in [-0.05, 0) is 85.3 Å². The topological polar surface area (TPSA) is 183 Å². The number of ether oxygens (including phenoxy) is 7. The van der Waals surface area contributed by atoms with E-state index in [4.69, 9.17) is 33.2 Å². The van der Waals surface area contributed by atoms with Gasteiger partial charge in [-0.25, -0.2) is 0 Å². The van der Waals surface area contributed by atoms with Crippen LogP contribution in [-0.4, -0.2) is 158 Å². The molecule has 15 nitrogen and oxygen atoms in total. The third-order valence-corrected chi connectivity index (χ3v) is 12.4. The summed E-state index contributed by atoms with van der Waals surface area (Å²) < 4.78 is 41.9. The number of benzene rings is 1. The molecule has 57 heavy (non-hydrogen) atoms. The van der Waals surface area contributed by atoms with Crippen LogP contribution in [0, 0.1) is 23.7 Å². The number of aliphatic hydroxyl groups is 3. The van der Waals surface area contributed by atoms with Gasteiger partial charge in [0.2, 0.25) is 0 Å². The van der Waals surface area contributed by atoms with Crippen LogP contribution >= 0.6 is 0 Å². The van der Waals surface area contributed by atoms with Crippen LogP contribution in [0.2, 0.25) is 0 Å². The van der Waals surface area contributed by atoms with Crippen LogP contribution < -0.4 is 4.74 Å². The van der Waals surface area contributed by atoms with Crippen molar-refractivity contribution in [2.45, 2.75) is 140 Å². The van der Waals surface area contributed by atoms with Crippen molar-refractivity contribution < 1.29 is 62.9 Å². The summed E-state index contributed by atoms with van der Waals surface area (Å²) in [7, 11) is 8.53. The summed E-state index contributed by atoms with van der Waals surface area (Å²) in [6, 6.07) is 6.23. The van der Waals surface area contributed by atoms with E-state index in [0.29, 0.717) is 24.3 Å². The second-order valence-electron chi connectivity index (χ2n) is 17.3. The van der Waals surface area contributed by atoms with Crippen LogP contribution in [0.25, 0.3) is 0 Å². The molecule has 3 N–H and O–H groups in total. The maximum absolute atomic E-state index is 14.1. The highest BCUT2D eigenvalue weighted by Crippen LogP contribution is 2.50. The van der Waals surface area contributed by atoms with E-state index in [1.807, 2.05) is 44.8 Å². The lowest BCUT2D eigenvalue weighted by Crippen LogP contribution is -2.60. The lowest BCUT2D eigenvalue weighted by molar-refractivity contribution is -0.306. The number of aliphatic hydroxyl groups excluding tert-OH is 1. The number of carbonyl (C=O) groups excluding carboxylic acids is 3. The zero-order valence-corrected chi connectivity index (χ0v) is 35.9. The molecule has 1 unspecified atom stereocenters. The lowest BCUT2D eigenvalue weighted by atomic mass is 9.77. The number of fused-ring (bicyclic) bond motifs is 1. The highest BCUT2D eigenvalue weighted by molar-refractivity contribution is 5.76. The fourth-order valence-electron chi connectivity index (χ4n) is 8.83. The van der Waals surface area contributed by atoms with Gasteiger partial charge in [-0.15, -0.1) is 0 Å². The minimum absolute atomic E-state index is 0.00566. The number of nitrogens with zero attached hydrogens (tertiary/aromatic N) is 2. The highest BCUT2D eigenvalue weighted by Gasteiger charge is 2.70. The second-order valence-corrected chi connectivity index (χ2v) is 17.3. The van der Waals surface area contributed by atoms with Crippen molar-refractivity contribution in [3.63, 3.8) is 0 Å². The third kappa shape index (κ3) is 11.0. The van der Waals surface area contributed by atoms with E-state index >= 15 is 0 Å². The molecule has 0 bridgehead atoms. The molecular weight excluding hydrogens is 740 g/mol. The van der Waals surface area contributed by atoms with Crippen LogP contribution in [0.3, 0.4) is 0 Å². The molecule has 4 rings (SSSR count). The average Bonchev–Trinajstić information content (AvgIpc) is 3.68. The first-order chi connectivity index (χ1) is 26.7. The Kier molecular flexibility index (Phi) is 16.0. The smallest absolute Gasteiger partial charge is 0.312 e. The summed E-state index contributed by atoms with van der Waals surface area (Å²) >= 11 is 0. The molecule has 1 saturated carbocycles.